The van der Waals surface area contributed by atoms with Crippen LogP contribution in [0.25, 0.3) is 28.4 Å². The lowest BCUT2D eigenvalue weighted by Gasteiger charge is -2.11. The number of ether oxygens (including phenoxy) is 2. The molecule has 0 unspecified atom stereocenters. The number of para-hydroxylation sites is 1. The number of fused-ring (bicyclic) bond motifs is 1. The minimum atomic E-state index is -1.09. The zero-order valence-corrected chi connectivity index (χ0v) is 24.8. The summed E-state index contributed by atoms with van der Waals surface area (Å²) in [6.07, 6.45) is 1.67. The highest BCUT2D eigenvalue weighted by Gasteiger charge is 2.21. The fourth-order valence-electron chi connectivity index (χ4n) is 4.91. The SMILES string of the molecule is CCn1c(S/C(=C\c2c(C)n(Cc3ccc([N+](=O)[O-])cc3)c3ccccc23)C(=O)O)nnc1-c1cc(OC)cc(OC)c1. The second-order valence-electron chi connectivity index (χ2n) is 9.59. The van der Waals surface area contributed by atoms with Crippen LogP contribution in [-0.2, 0) is 17.9 Å². The van der Waals surface area contributed by atoms with Gasteiger partial charge in [0.2, 0.25) is 0 Å². The minimum absolute atomic E-state index is 0.0261. The average Bonchev–Trinajstić information content (AvgIpc) is 3.54. The van der Waals surface area contributed by atoms with Crippen molar-refractivity contribution in [1.82, 2.24) is 19.3 Å². The number of aromatic nitrogens is 4. The normalized spacial score (nSPS) is 11.6. The molecule has 5 rings (SSSR count). The second kappa shape index (κ2) is 12.4. The molecule has 12 heteroatoms. The number of benzene rings is 3. The molecule has 0 radical (unpaired) electrons. The Labute approximate surface area is 251 Å². The third-order valence-electron chi connectivity index (χ3n) is 7.10. The highest BCUT2D eigenvalue weighted by atomic mass is 32.2. The number of carboxylic acid groups (broad SMARTS) is 1. The van der Waals surface area contributed by atoms with E-state index < -0.39 is 10.9 Å². The van der Waals surface area contributed by atoms with E-state index in [0.717, 1.165) is 45.0 Å². The van der Waals surface area contributed by atoms with Crippen molar-refractivity contribution >= 4 is 40.4 Å². The van der Waals surface area contributed by atoms with Crippen molar-refractivity contribution in [3.63, 3.8) is 0 Å². The molecule has 1 N–H and O–H groups in total. The Balaban J connectivity index is 1.54. The molecule has 0 saturated carbocycles. The first-order valence-corrected chi connectivity index (χ1v) is 14.2. The van der Waals surface area contributed by atoms with Gasteiger partial charge in [-0.1, -0.05) is 30.3 Å². The molecule has 2 aromatic heterocycles. The van der Waals surface area contributed by atoms with Gasteiger partial charge in [-0.15, -0.1) is 10.2 Å². The largest absolute Gasteiger partial charge is 0.497 e. The van der Waals surface area contributed by atoms with E-state index in [9.17, 15) is 20.0 Å². The summed E-state index contributed by atoms with van der Waals surface area (Å²) in [6, 6.07) is 19.6. The third-order valence-corrected chi connectivity index (χ3v) is 8.09. The van der Waals surface area contributed by atoms with Gasteiger partial charge >= 0.3 is 5.97 Å². The molecule has 5 aromatic rings. The first-order valence-electron chi connectivity index (χ1n) is 13.3. The molecule has 43 heavy (non-hydrogen) atoms. The summed E-state index contributed by atoms with van der Waals surface area (Å²) in [5.74, 6) is 0.663. The molecule has 0 spiro atoms. The van der Waals surface area contributed by atoms with Crippen LogP contribution < -0.4 is 9.47 Å². The standard InChI is InChI=1S/C31H29N5O6S/c1-5-34-29(21-14-23(41-3)16-24(15-21)42-4)32-33-31(34)43-28(30(37)38)17-26-19(2)35(27-9-7-6-8-25(26)27)18-20-10-12-22(13-11-20)36(39)40/h6-17H,5,18H2,1-4H3,(H,37,38)/b28-17-. The van der Waals surface area contributed by atoms with Crippen molar-refractivity contribution < 1.29 is 24.3 Å². The van der Waals surface area contributed by atoms with E-state index in [1.807, 2.05) is 54.8 Å². The number of thioether (sulfide) groups is 1. The number of hydrogen-bond acceptors (Lipinski definition) is 8. The maximum absolute atomic E-state index is 12.5. The Morgan fingerprint density at radius 1 is 1.02 bits per heavy atom. The van der Waals surface area contributed by atoms with Gasteiger partial charge in [-0.2, -0.15) is 0 Å². The van der Waals surface area contributed by atoms with Crippen LogP contribution in [0.15, 0.2) is 76.8 Å². The summed E-state index contributed by atoms with van der Waals surface area (Å²) in [6.45, 7) is 4.84. The summed E-state index contributed by atoms with van der Waals surface area (Å²) in [7, 11) is 3.14. The Hall–Kier alpha value is -5.10. The first-order chi connectivity index (χ1) is 20.7. The van der Waals surface area contributed by atoms with Crippen molar-refractivity contribution in [3.05, 3.63) is 98.6 Å². The number of nitro groups is 1. The van der Waals surface area contributed by atoms with Crippen LogP contribution in [0.4, 0.5) is 5.69 Å². The molecule has 0 aliphatic heterocycles. The van der Waals surface area contributed by atoms with E-state index in [4.69, 9.17) is 9.47 Å². The number of nitro benzene ring substituents is 1. The van der Waals surface area contributed by atoms with Gasteiger partial charge in [0.25, 0.3) is 5.69 Å². The van der Waals surface area contributed by atoms with Crippen LogP contribution in [-0.4, -0.2) is 49.6 Å². The lowest BCUT2D eigenvalue weighted by molar-refractivity contribution is -0.384. The van der Waals surface area contributed by atoms with Crippen molar-refractivity contribution in [3.8, 4) is 22.9 Å². The summed E-state index contributed by atoms with van der Waals surface area (Å²) < 4.78 is 14.7. The van der Waals surface area contributed by atoms with Crippen LogP contribution >= 0.6 is 11.8 Å². The lowest BCUT2D eigenvalue weighted by atomic mass is 10.1. The van der Waals surface area contributed by atoms with Gasteiger partial charge in [-0.3, -0.25) is 10.1 Å². The van der Waals surface area contributed by atoms with Gasteiger partial charge in [0.15, 0.2) is 11.0 Å². The van der Waals surface area contributed by atoms with Crippen LogP contribution in [0.5, 0.6) is 11.5 Å². The quantitative estimate of drug-likeness (QED) is 0.0790. The molecule has 0 bridgehead atoms. The first kappa shape index (κ1) is 29.4. The van der Waals surface area contributed by atoms with Gasteiger partial charge < -0.3 is 23.7 Å². The number of carbonyl (C=O) groups is 1. The summed E-state index contributed by atoms with van der Waals surface area (Å²) in [5.41, 5.74) is 4.19. The van der Waals surface area contributed by atoms with E-state index in [2.05, 4.69) is 14.8 Å². The van der Waals surface area contributed by atoms with Crippen LogP contribution in [0.2, 0.25) is 0 Å². The molecule has 11 nitrogen and oxygen atoms in total. The zero-order chi connectivity index (χ0) is 30.7. The Kier molecular flexibility index (Phi) is 8.48. The van der Waals surface area contributed by atoms with Crippen molar-refractivity contribution in [2.45, 2.75) is 32.1 Å². The van der Waals surface area contributed by atoms with Gasteiger partial charge in [-0.05, 0) is 55.4 Å². The van der Waals surface area contributed by atoms with E-state index in [1.54, 1.807) is 38.5 Å². The van der Waals surface area contributed by atoms with E-state index in [0.29, 0.717) is 35.6 Å². The number of rotatable bonds is 11. The third kappa shape index (κ3) is 5.95. The number of aliphatic carboxylic acids is 1. The predicted octanol–water partition coefficient (Wildman–Crippen LogP) is 6.42. The Morgan fingerprint density at radius 2 is 1.70 bits per heavy atom. The molecule has 0 aliphatic carbocycles. The molecule has 2 heterocycles. The number of carboxylic acids is 1. The summed E-state index contributed by atoms with van der Waals surface area (Å²) in [5, 5.41) is 31.4. The molecule has 220 valence electrons. The molecule has 0 atom stereocenters. The average molecular weight is 600 g/mol. The van der Waals surface area contributed by atoms with Gasteiger partial charge in [0.05, 0.1) is 19.1 Å². The smallest absolute Gasteiger partial charge is 0.342 e. The molecule has 0 saturated heterocycles. The Morgan fingerprint density at radius 3 is 2.30 bits per heavy atom. The Bertz CT molecular complexity index is 1840. The van der Waals surface area contributed by atoms with E-state index in [-0.39, 0.29) is 10.6 Å². The van der Waals surface area contributed by atoms with Gasteiger partial charge in [0, 0.05) is 59.0 Å². The molecule has 0 aliphatic rings. The molecular formula is C31H29N5O6S. The van der Waals surface area contributed by atoms with Crippen LogP contribution in [0.3, 0.4) is 0 Å². The topological polar surface area (TPSA) is 135 Å². The monoisotopic (exact) mass is 599 g/mol. The molecular weight excluding hydrogens is 570 g/mol. The number of nitrogens with zero attached hydrogens (tertiary/aromatic N) is 5. The summed E-state index contributed by atoms with van der Waals surface area (Å²) >= 11 is 1.03. The second-order valence-corrected chi connectivity index (χ2v) is 10.6. The van der Waals surface area contributed by atoms with Gasteiger partial charge in [-0.25, -0.2) is 4.79 Å². The predicted molar refractivity (Wildman–Crippen MR) is 165 cm³/mol. The number of non-ortho nitro benzene ring substituents is 1. The minimum Gasteiger partial charge on any atom is -0.497 e. The highest BCUT2D eigenvalue weighted by molar-refractivity contribution is 8.04. The fourth-order valence-corrected chi connectivity index (χ4v) is 5.78. The van der Waals surface area contributed by atoms with Crippen LogP contribution in [0, 0.1) is 17.0 Å². The lowest BCUT2D eigenvalue weighted by Crippen LogP contribution is -2.04. The van der Waals surface area contributed by atoms with E-state index >= 15 is 0 Å². The zero-order valence-electron chi connectivity index (χ0n) is 24.0. The van der Waals surface area contributed by atoms with E-state index in [1.165, 1.54) is 12.1 Å². The summed E-state index contributed by atoms with van der Waals surface area (Å²) in [4.78, 5) is 23.3. The number of hydrogen-bond donors (Lipinski definition) is 1. The molecule has 3 aromatic carbocycles. The molecule has 0 fully saturated rings. The maximum atomic E-state index is 12.5. The maximum Gasteiger partial charge on any atom is 0.342 e. The van der Waals surface area contributed by atoms with Crippen molar-refractivity contribution in [1.29, 1.82) is 0 Å². The van der Waals surface area contributed by atoms with Gasteiger partial charge in [0.1, 0.15) is 16.4 Å². The van der Waals surface area contributed by atoms with Crippen LogP contribution in [0.1, 0.15) is 23.7 Å². The fraction of sp³-hybridized carbons (Fsp3) is 0.194. The van der Waals surface area contributed by atoms with Crippen molar-refractivity contribution in [2.24, 2.45) is 0 Å². The molecule has 0 amide bonds. The van der Waals surface area contributed by atoms with Crippen molar-refractivity contribution in [2.75, 3.05) is 14.2 Å². The highest BCUT2D eigenvalue weighted by Crippen LogP contribution is 2.36. The number of methoxy groups -OCH3 is 2.